The number of benzene rings is 1. The quantitative estimate of drug-likeness (QED) is 0.432. The van der Waals surface area contributed by atoms with E-state index in [1.165, 1.54) is 18.2 Å². The number of carbonyl (C=O) groups is 2. The molecule has 0 spiro atoms. The lowest BCUT2D eigenvalue weighted by molar-refractivity contribution is -0.385. The highest BCUT2D eigenvalue weighted by atomic mass is 16.6. The van der Waals surface area contributed by atoms with Crippen LogP contribution in [0.1, 0.15) is 41.5 Å². The molecule has 2 amide bonds. The summed E-state index contributed by atoms with van der Waals surface area (Å²) in [4.78, 5) is 35.6. The Morgan fingerprint density at radius 1 is 1.17 bits per heavy atom. The van der Waals surface area contributed by atoms with Crippen LogP contribution in [0.4, 0.5) is 5.69 Å². The first-order valence-electron chi connectivity index (χ1n) is 5.41. The number of hydrogen-bond donors (Lipinski definition) is 0. The molecule has 0 radical (unpaired) electrons. The van der Waals surface area contributed by atoms with Gasteiger partial charge in [0.1, 0.15) is 5.56 Å². The maximum atomic E-state index is 12.2. The molecule has 1 aromatic carbocycles. The first-order valence-corrected chi connectivity index (χ1v) is 5.41. The summed E-state index contributed by atoms with van der Waals surface area (Å²) in [6.45, 7) is 5.13. The molecule has 2 rings (SSSR count). The molecular weight excluding hydrogens is 236 g/mol. The van der Waals surface area contributed by atoms with E-state index in [0.717, 1.165) is 4.90 Å². The van der Waals surface area contributed by atoms with Crippen molar-refractivity contribution >= 4 is 17.5 Å². The summed E-state index contributed by atoms with van der Waals surface area (Å²) in [5, 5.41) is 10.9. The Labute approximate surface area is 103 Å². The fraction of sp³-hybridized carbons (Fsp3) is 0.333. The second-order valence-electron chi connectivity index (χ2n) is 5.07. The van der Waals surface area contributed by atoms with Gasteiger partial charge < -0.3 is 0 Å². The molecule has 0 saturated heterocycles. The van der Waals surface area contributed by atoms with Gasteiger partial charge >= 0.3 is 0 Å². The van der Waals surface area contributed by atoms with E-state index in [1.807, 2.05) is 0 Å². The Balaban J connectivity index is 2.67. The Kier molecular flexibility index (Phi) is 2.46. The molecule has 6 heteroatoms. The fourth-order valence-electron chi connectivity index (χ4n) is 2.03. The third-order valence-corrected chi connectivity index (χ3v) is 2.76. The van der Waals surface area contributed by atoms with Gasteiger partial charge in [-0.2, -0.15) is 0 Å². The number of rotatable bonds is 1. The zero-order valence-corrected chi connectivity index (χ0v) is 10.3. The highest BCUT2D eigenvalue weighted by molar-refractivity contribution is 6.23. The third kappa shape index (κ3) is 1.57. The van der Waals surface area contributed by atoms with Crippen molar-refractivity contribution in [2.24, 2.45) is 0 Å². The summed E-state index contributed by atoms with van der Waals surface area (Å²) in [5.74, 6) is -1.08. The van der Waals surface area contributed by atoms with E-state index in [9.17, 15) is 19.7 Å². The lowest BCUT2D eigenvalue weighted by Gasteiger charge is -2.29. The molecule has 0 aromatic heterocycles. The van der Waals surface area contributed by atoms with Gasteiger partial charge in [0.15, 0.2) is 0 Å². The maximum absolute atomic E-state index is 12.2. The zero-order chi connectivity index (χ0) is 13.7. The van der Waals surface area contributed by atoms with Crippen LogP contribution in [0, 0.1) is 10.1 Å². The van der Waals surface area contributed by atoms with Gasteiger partial charge in [-0.1, -0.05) is 6.07 Å². The standard InChI is InChI=1S/C12H12N2O4/c1-12(2,3)13-10(15)7-5-4-6-8(14(17)18)9(7)11(13)16/h4-6H,1-3H3. The molecule has 0 atom stereocenters. The number of carbonyl (C=O) groups excluding carboxylic acids is 2. The largest absolute Gasteiger partial charge is 0.282 e. The Hall–Kier alpha value is -2.24. The highest BCUT2D eigenvalue weighted by Crippen LogP contribution is 2.34. The first kappa shape index (κ1) is 12.2. The average molecular weight is 248 g/mol. The lowest BCUT2D eigenvalue weighted by Crippen LogP contribution is -2.45. The smallest absolute Gasteiger partial charge is 0.269 e. The topological polar surface area (TPSA) is 80.5 Å². The summed E-state index contributed by atoms with van der Waals surface area (Å²) in [6, 6.07) is 4.08. The molecule has 1 heterocycles. The van der Waals surface area contributed by atoms with Crippen molar-refractivity contribution in [3.63, 3.8) is 0 Å². The van der Waals surface area contributed by atoms with E-state index >= 15 is 0 Å². The minimum absolute atomic E-state index is 0.101. The molecule has 0 bridgehead atoms. The summed E-state index contributed by atoms with van der Waals surface area (Å²) in [5.41, 5.74) is -1.04. The summed E-state index contributed by atoms with van der Waals surface area (Å²) < 4.78 is 0. The van der Waals surface area contributed by atoms with Crippen molar-refractivity contribution in [3.05, 3.63) is 39.4 Å². The normalized spacial score (nSPS) is 14.9. The minimum Gasteiger partial charge on any atom is -0.269 e. The van der Waals surface area contributed by atoms with Crippen LogP contribution in [-0.4, -0.2) is 27.2 Å². The molecule has 0 saturated carbocycles. The van der Waals surface area contributed by atoms with Gasteiger partial charge in [0, 0.05) is 11.6 Å². The number of hydrogen-bond acceptors (Lipinski definition) is 4. The lowest BCUT2D eigenvalue weighted by atomic mass is 10.1. The number of nitro benzene ring substituents is 1. The molecule has 1 aliphatic rings. The monoisotopic (exact) mass is 248 g/mol. The van der Waals surface area contributed by atoms with Crippen LogP contribution in [0.15, 0.2) is 18.2 Å². The van der Waals surface area contributed by atoms with E-state index in [4.69, 9.17) is 0 Å². The SMILES string of the molecule is CC(C)(C)N1C(=O)c2cccc([N+](=O)[O-])c2C1=O. The fourth-order valence-corrected chi connectivity index (χ4v) is 2.03. The molecule has 0 fully saturated rings. The van der Waals surface area contributed by atoms with Crippen LogP contribution in [0.25, 0.3) is 0 Å². The number of imide groups is 1. The van der Waals surface area contributed by atoms with Gasteiger partial charge in [-0.3, -0.25) is 24.6 Å². The van der Waals surface area contributed by atoms with E-state index in [0.29, 0.717) is 0 Å². The summed E-state index contributed by atoms with van der Waals surface area (Å²) >= 11 is 0. The molecule has 6 nitrogen and oxygen atoms in total. The second-order valence-corrected chi connectivity index (χ2v) is 5.07. The minimum atomic E-state index is -0.707. The van der Waals surface area contributed by atoms with Gasteiger partial charge in [0.05, 0.1) is 10.5 Å². The molecule has 0 unspecified atom stereocenters. The number of amides is 2. The first-order chi connectivity index (χ1) is 8.25. The molecule has 0 N–H and O–H groups in total. The van der Waals surface area contributed by atoms with Crippen molar-refractivity contribution in [1.29, 1.82) is 0 Å². The van der Waals surface area contributed by atoms with Gasteiger partial charge in [-0.05, 0) is 26.8 Å². The summed E-state index contributed by atoms with van der Waals surface area (Å²) in [7, 11) is 0. The summed E-state index contributed by atoms with van der Waals surface area (Å²) in [6.07, 6.45) is 0. The van der Waals surface area contributed by atoms with Crippen LogP contribution < -0.4 is 0 Å². The highest BCUT2D eigenvalue weighted by Gasteiger charge is 2.45. The maximum Gasteiger partial charge on any atom is 0.282 e. The van der Waals surface area contributed by atoms with Gasteiger partial charge in [0.2, 0.25) is 0 Å². The number of fused-ring (bicyclic) bond motifs is 1. The van der Waals surface area contributed by atoms with Crippen molar-refractivity contribution in [2.75, 3.05) is 0 Å². The average Bonchev–Trinajstić information content (AvgIpc) is 2.50. The number of nitro groups is 1. The predicted octanol–water partition coefficient (Wildman–Crippen LogP) is 1.99. The second kappa shape index (κ2) is 3.63. The van der Waals surface area contributed by atoms with E-state index in [-0.39, 0.29) is 16.8 Å². The van der Waals surface area contributed by atoms with Gasteiger partial charge in [-0.15, -0.1) is 0 Å². The van der Waals surface area contributed by atoms with E-state index in [2.05, 4.69) is 0 Å². The van der Waals surface area contributed by atoms with E-state index < -0.39 is 22.3 Å². The van der Waals surface area contributed by atoms with Crippen LogP contribution in [-0.2, 0) is 0 Å². The van der Waals surface area contributed by atoms with Crippen molar-refractivity contribution in [3.8, 4) is 0 Å². The van der Waals surface area contributed by atoms with Gasteiger partial charge in [-0.25, -0.2) is 0 Å². The molecular formula is C12H12N2O4. The molecule has 18 heavy (non-hydrogen) atoms. The molecule has 1 aromatic rings. The molecule has 1 aliphatic heterocycles. The van der Waals surface area contributed by atoms with Crippen LogP contribution in [0.5, 0.6) is 0 Å². The third-order valence-electron chi connectivity index (χ3n) is 2.76. The van der Waals surface area contributed by atoms with Crippen LogP contribution in [0.2, 0.25) is 0 Å². The van der Waals surface area contributed by atoms with Crippen molar-refractivity contribution in [1.82, 2.24) is 4.90 Å². The number of nitrogens with zero attached hydrogens (tertiary/aromatic N) is 2. The predicted molar refractivity (Wildman–Crippen MR) is 63.3 cm³/mol. The van der Waals surface area contributed by atoms with Crippen molar-refractivity contribution in [2.45, 2.75) is 26.3 Å². The Morgan fingerprint density at radius 3 is 2.28 bits per heavy atom. The van der Waals surface area contributed by atoms with Crippen molar-refractivity contribution < 1.29 is 14.5 Å². The Bertz CT molecular complexity index is 572. The van der Waals surface area contributed by atoms with E-state index in [1.54, 1.807) is 20.8 Å². The zero-order valence-electron chi connectivity index (χ0n) is 10.3. The molecule has 0 aliphatic carbocycles. The Morgan fingerprint density at radius 2 is 1.78 bits per heavy atom. The van der Waals surface area contributed by atoms with Crippen LogP contribution >= 0.6 is 0 Å². The van der Waals surface area contributed by atoms with Gasteiger partial charge in [0.25, 0.3) is 17.5 Å². The van der Waals surface area contributed by atoms with Crippen LogP contribution in [0.3, 0.4) is 0 Å². The molecule has 94 valence electrons.